The van der Waals surface area contributed by atoms with Gasteiger partial charge in [0, 0.05) is 11.4 Å². The second-order valence-electron chi connectivity index (χ2n) is 7.88. The first-order chi connectivity index (χ1) is 17.2. The maximum Gasteiger partial charge on any atom is 0.460 e. The molecule has 3 rings (SSSR count). The zero-order valence-electron chi connectivity index (χ0n) is 18.2. The number of carbonyl (C=O) groups excluding carboxylic acids is 1. The van der Waals surface area contributed by atoms with Crippen molar-refractivity contribution in [2.75, 3.05) is 4.90 Å². The van der Waals surface area contributed by atoms with Crippen molar-refractivity contribution in [1.82, 2.24) is 0 Å². The van der Waals surface area contributed by atoms with E-state index in [2.05, 4.69) is 0 Å². The van der Waals surface area contributed by atoms with Gasteiger partial charge in [0.1, 0.15) is 0 Å². The van der Waals surface area contributed by atoms with Gasteiger partial charge in [-0.3, -0.25) is 9.69 Å². The van der Waals surface area contributed by atoms with Crippen LogP contribution in [0.4, 0.5) is 68.5 Å². The molecular formula is C23H12F13NO. The number of anilines is 2. The van der Waals surface area contributed by atoms with Crippen LogP contribution in [0.3, 0.4) is 0 Å². The molecule has 0 aliphatic rings. The molecule has 0 spiro atoms. The number of hydrogen-bond acceptors (Lipinski definition) is 1. The van der Waals surface area contributed by atoms with Gasteiger partial charge in [0.25, 0.3) is 0 Å². The molecule has 0 bridgehead atoms. The van der Waals surface area contributed by atoms with Crippen molar-refractivity contribution < 1.29 is 61.9 Å². The van der Waals surface area contributed by atoms with E-state index in [4.69, 9.17) is 0 Å². The van der Waals surface area contributed by atoms with E-state index in [0.29, 0.717) is 5.39 Å². The molecule has 0 aliphatic heterocycles. The lowest BCUT2D eigenvalue weighted by atomic mass is 9.93. The Balaban J connectivity index is 2.18. The minimum absolute atomic E-state index is 0.204. The largest absolute Gasteiger partial charge is 0.460 e. The van der Waals surface area contributed by atoms with Crippen molar-refractivity contribution in [3.8, 4) is 0 Å². The number of nitrogens with zero attached hydrogens (tertiary/aromatic N) is 1. The Morgan fingerprint density at radius 2 is 0.974 bits per heavy atom. The maximum atomic E-state index is 14.8. The summed E-state index contributed by atoms with van der Waals surface area (Å²) in [6, 6.07) is 14.0. The van der Waals surface area contributed by atoms with Crippen LogP contribution in [-0.2, 0) is 4.79 Å². The normalized spacial score (nSPS) is 14.0. The number of amides is 1. The summed E-state index contributed by atoms with van der Waals surface area (Å²) in [5, 5.41) is 0.629. The van der Waals surface area contributed by atoms with Crippen LogP contribution in [-0.4, -0.2) is 41.7 Å². The van der Waals surface area contributed by atoms with Crippen molar-refractivity contribution in [1.29, 1.82) is 0 Å². The number of halogens is 13. The van der Waals surface area contributed by atoms with E-state index in [1.165, 1.54) is 36.4 Å². The number of alkyl halides is 13. The highest BCUT2D eigenvalue weighted by molar-refractivity contribution is 6.06. The Kier molecular flexibility index (Phi) is 6.91. The van der Waals surface area contributed by atoms with Crippen LogP contribution in [0.25, 0.3) is 10.8 Å². The summed E-state index contributed by atoms with van der Waals surface area (Å²) in [5.41, 5.74) is -1.36. The molecule has 0 unspecified atom stereocenters. The Labute approximate surface area is 204 Å². The lowest BCUT2D eigenvalue weighted by molar-refractivity contribution is -0.436. The summed E-state index contributed by atoms with van der Waals surface area (Å²) in [6.45, 7) is 0. The highest BCUT2D eigenvalue weighted by atomic mass is 19.4. The molecule has 0 N–H and O–H groups in total. The van der Waals surface area contributed by atoms with E-state index in [1.807, 2.05) is 0 Å². The monoisotopic (exact) mass is 565 g/mol. The molecule has 206 valence electrons. The average Bonchev–Trinajstić information content (AvgIpc) is 2.83. The number of benzene rings is 3. The van der Waals surface area contributed by atoms with Crippen LogP contribution < -0.4 is 4.90 Å². The van der Waals surface area contributed by atoms with Gasteiger partial charge >= 0.3 is 41.7 Å². The zero-order chi connectivity index (χ0) is 28.9. The number of hydrogen-bond donors (Lipinski definition) is 0. The molecule has 0 radical (unpaired) electrons. The van der Waals surface area contributed by atoms with Crippen LogP contribution in [0.15, 0.2) is 72.8 Å². The summed E-state index contributed by atoms with van der Waals surface area (Å²) in [7, 11) is 0. The molecule has 3 aromatic carbocycles. The topological polar surface area (TPSA) is 20.3 Å². The number of rotatable bonds is 7. The van der Waals surface area contributed by atoms with Crippen LogP contribution in [0, 0.1) is 0 Å². The predicted molar refractivity (Wildman–Crippen MR) is 108 cm³/mol. The van der Waals surface area contributed by atoms with Gasteiger partial charge in [-0.05, 0) is 35.0 Å². The van der Waals surface area contributed by atoms with Crippen molar-refractivity contribution in [2.24, 2.45) is 0 Å². The first-order valence-electron chi connectivity index (χ1n) is 10.1. The number of para-hydroxylation sites is 1. The fraction of sp³-hybridized carbons (Fsp3) is 0.261. The van der Waals surface area contributed by atoms with E-state index in [0.717, 1.165) is 36.4 Å². The average molecular weight is 565 g/mol. The standard InChI is InChI=1S/C23H12F13NO/c24-18(25,19(26,27)20(28,29)21(30,31)22(32,33)23(34,35)36)17(38)37(15-8-2-1-3-9-15)16-11-10-13-6-4-5-7-14(13)12-16/h1-12H. The van der Waals surface area contributed by atoms with Crippen molar-refractivity contribution >= 4 is 28.1 Å². The Morgan fingerprint density at radius 1 is 0.500 bits per heavy atom. The third-order valence-corrected chi connectivity index (χ3v) is 5.41. The minimum atomic E-state index is -8.11. The van der Waals surface area contributed by atoms with Gasteiger partial charge in [0.2, 0.25) is 0 Å². The highest BCUT2D eigenvalue weighted by Gasteiger charge is 2.91. The van der Waals surface area contributed by atoms with E-state index in [9.17, 15) is 61.9 Å². The highest BCUT2D eigenvalue weighted by Crippen LogP contribution is 2.60. The Hall–Kier alpha value is -3.52. The molecular weight excluding hydrogens is 553 g/mol. The van der Waals surface area contributed by atoms with Gasteiger partial charge in [-0.2, -0.15) is 57.1 Å². The quantitative estimate of drug-likeness (QED) is 0.264. The predicted octanol–water partition coefficient (Wildman–Crippen LogP) is 8.24. The van der Waals surface area contributed by atoms with Gasteiger partial charge < -0.3 is 0 Å². The van der Waals surface area contributed by atoms with Gasteiger partial charge in [-0.15, -0.1) is 0 Å². The lowest BCUT2D eigenvalue weighted by Crippen LogP contribution is -2.72. The molecule has 0 saturated carbocycles. The first kappa shape index (κ1) is 29.0. The van der Waals surface area contributed by atoms with Crippen molar-refractivity contribution in [3.63, 3.8) is 0 Å². The zero-order valence-corrected chi connectivity index (χ0v) is 18.2. The number of carbonyl (C=O) groups is 1. The van der Waals surface area contributed by atoms with Crippen LogP contribution >= 0.6 is 0 Å². The van der Waals surface area contributed by atoms with Crippen molar-refractivity contribution in [3.05, 3.63) is 72.8 Å². The molecule has 38 heavy (non-hydrogen) atoms. The van der Waals surface area contributed by atoms with Crippen molar-refractivity contribution in [2.45, 2.75) is 35.8 Å². The van der Waals surface area contributed by atoms with Gasteiger partial charge in [0.05, 0.1) is 0 Å². The van der Waals surface area contributed by atoms with Crippen LogP contribution in [0.5, 0.6) is 0 Å². The van der Waals surface area contributed by atoms with Crippen LogP contribution in [0.1, 0.15) is 0 Å². The maximum absolute atomic E-state index is 14.8. The molecule has 0 aromatic heterocycles. The summed E-state index contributed by atoms with van der Waals surface area (Å²) in [6.07, 6.45) is -7.55. The minimum Gasteiger partial charge on any atom is -0.276 e. The van der Waals surface area contributed by atoms with Gasteiger partial charge in [0.15, 0.2) is 0 Å². The Morgan fingerprint density at radius 3 is 1.50 bits per heavy atom. The fourth-order valence-electron chi connectivity index (χ4n) is 3.32. The van der Waals surface area contributed by atoms with Gasteiger partial charge in [-0.25, -0.2) is 0 Å². The summed E-state index contributed by atoms with van der Waals surface area (Å²) in [5.74, 6) is -42.1. The first-order valence-corrected chi connectivity index (χ1v) is 10.1. The molecule has 0 saturated heterocycles. The Bertz CT molecular complexity index is 1320. The third kappa shape index (κ3) is 4.21. The van der Waals surface area contributed by atoms with E-state index >= 15 is 0 Å². The number of fused-ring (bicyclic) bond motifs is 1. The SMILES string of the molecule is O=C(N(c1ccccc1)c1ccc2ccccc2c1)C(F)(F)C(F)(F)C(F)(F)C(F)(F)C(F)(F)C(F)(F)F. The molecule has 3 aromatic rings. The molecule has 1 amide bonds. The molecule has 0 heterocycles. The lowest BCUT2D eigenvalue weighted by Gasteiger charge is -2.40. The van der Waals surface area contributed by atoms with Gasteiger partial charge in [-0.1, -0.05) is 48.5 Å². The molecule has 15 heteroatoms. The fourth-order valence-corrected chi connectivity index (χ4v) is 3.32. The summed E-state index contributed by atoms with van der Waals surface area (Å²) < 4.78 is 177. The second kappa shape index (κ2) is 9.05. The van der Waals surface area contributed by atoms with E-state index in [1.54, 1.807) is 0 Å². The summed E-state index contributed by atoms with van der Waals surface area (Å²) in [4.78, 5) is 12.4. The van der Waals surface area contributed by atoms with E-state index < -0.39 is 53.1 Å². The smallest absolute Gasteiger partial charge is 0.276 e. The van der Waals surface area contributed by atoms with E-state index in [-0.39, 0.29) is 10.3 Å². The van der Waals surface area contributed by atoms with Crippen LogP contribution in [0.2, 0.25) is 0 Å². The molecule has 0 fully saturated rings. The third-order valence-electron chi connectivity index (χ3n) is 5.41. The summed E-state index contributed by atoms with van der Waals surface area (Å²) >= 11 is 0. The molecule has 0 atom stereocenters. The molecule has 2 nitrogen and oxygen atoms in total. The molecule has 0 aliphatic carbocycles. The second-order valence-corrected chi connectivity index (χ2v) is 7.88.